The Morgan fingerprint density at radius 3 is 2.71 bits per heavy atom. The van der Waals surface area contributed by atoms with Crippen molar-refractivity contribution >= 4 is 17.5 Å². The van der Waals surface area contributed by atoms with Gasteiger partial charge in [0.2, 0.25) is 5.91 Å². The van der Waals surface area contributed by atoms with Crippen molar-refractivity contribution in [2.75, 3.05) is 18.8 Å². The molecule has 1 saturated heterocycles. The Kier molecular flexibility index (Phi) is 5.88. The predicted molar refractivity (Wildman–Crippen MR) is 116 cm³/mol. The fraction of sp³-hybridized carbons (Fsp3) is 0.391. The third-order valence-electron chi connectivity index (χ3n) is 5.99. The van der Waals surface area contributed by atoms with Gasteiger partial charge in [-0.15, -0.1) is 0 Å². The number of nitrogens with zero attached hydrogens (tertiary/aromatic N) is 4. The third-order valence-corrected chi connectivity index (χ3v) is 5.99. The Labute approximate surface area is 181 Å². The van der Waals surface area contributed by atoms with Crippen molar-refractivity contribution in [2.45, 2.75) is 39.5 Å². The van der Waals surface area contributed by atoms with Crippen molar-refractivity contribution < 1.29 is 14.1 Å². The van der Waals surface area contributed by atoms with Gasteiger partial charge in [0, 0.05) is 31.0 Å². The number of carbonyl (C=O) groups is 2. The lowest BCUT2D eigenvalue weighted by Crippen LogP contribution is -2.42. The lowest BCUT2D eigenvalue weighted by atomic mass is 9.90. The molecule has 1 atom stereocenters. The number of carbonyl (C=O) groups excluding carboxylic acids is 2. The van der Waals surface area contributed by atoms with Gasteiger partial charge in [0.05, 0.1) is 23.1 Å². The number of para-hydroxylation sites is 1. The zero-order chi connectivity index (χ0) is 22.0. The number of hydrogen-bond donors (Lipinski definition) is 1. The monoisotopic (exact) mass is 421 g/mol. The zero-order valence-corrected chi connectivity index (χ0v) is 17.9. The summed E-state index contributed by atoms with van der Waals surface area (Å²) in [6, 6.07) is 9.47. The highest BCUT2D eigenvalue weighted by molar-refractivity contribution is 6.02. The average Bonchev–Trinajstić information content (AvgIpc) is 3.33. The summed E-state index contributed by atoms with van der Waals surface area (Å²) in [7, 11) is 0. The van der Waals surface area contributed by atoms with E-state index >= 15 is 0 Å². The molecule has 0 radical (unpaired) electrons. The number of Topliss-reactive ketones (excluding diaryl/α,β-unsaturated/α-hetero) is 1. The normalized spacial score (nSPS) is 16.5. The number of nitrogens with two attached hydrogens (primary N) is 1. The number of benzene rings is 1. The second-order valence-corrected chi connectivity index (χ2v) is 8.04. The highest BCUT2D eigenvalue weighted by Crippen LogP contribution is 2.26. The van der Waals surface area contributed by atoms with Crippen molar-refractivity contribution in [2.24, 2.45) is 5.92 Å². The predicted octanol–water partition coefficient (Wildman–Crippen LogP) is 3.11. The summed E-state index contributed by atoms with van der Waals surface area (Å²) >= 11 is 0. The van der Waals surface area contributed by atoms with Crippen LogP contribution in [0.5, 0.6) is 0 Å². The van der Waals surface area contributed by atoms with Crippen molar-refractivity contribution in [1.82, 2.24) is 19.8 Å². The van der Waals surface area contributed by atoms with E-state index in [0.717, 1.165) is 35.5 Å². The fourth-order valence-electron chi connectivity index (χ4n) is 4.21. The summed E-state index contributed by atoms with van der Waals surface area (Å²) < 4.78 is 6.75. The molecule has 0 bridgehead atoms. The Balaban J connectivity index is 1.42. The molecule has 3 aromatic rings. The molecule has 4 rings (SSSR count). The van der Waals surface area contributed by atoms with E-state index in [1.807, 2.05) is 44.2 Å². The van der Waals surface area contributed by atoms with Gasteiger partial charge in [-0.25, -0.2) is 4.68 Å². The molecule has 162 valence electrons. The van der Waals surface area contributed by atoms with E-state index in [0.29, 0.717) is 37.3 Å². The molecule has 0 aliphatic carbocycles. The number of aryl methyl sites for hydroxylation is 2. The number of nitrogen functional groups attached to an aromatic ring is 1. The van der Waals surface area contributed by atoms with Gasteiger partial charge >= 0.3 is 0 Å². The Morgan fingerprint density at radius 1 is 1.23 bits per heavy atom. The minimum Gasteiger partial charge on any atom is -0.383 e. The van der Waals surface area contributed by atoms with Crippen LogP contribution in [0.15, 0.2) is 41.1 Å². The molecule has 1 aromatic carbocycles. The molecule has 1 fully saturated rings. The van der Waals surface area contributed by atoms with Gasteiger partial charge in [-0.05, 0) is 45.2 Å². The topological polar surface area (TPSA) is 107 Å². The number of piperidine rings is 1. The minimum absolute atomic E-state index is 0.0467. The van der Waals surface area contributed by atoms with Crippen LogP contribution in [-0.4, -0.2) is 44.6 Å². The van der Waals surface area contributed by atoms with Gasteiger partial charge < -0.3 is 15.2 Å². The smallest absolute Gasteiger partial charge is 0.222 e. The van der Waals surface area contributed by atoms with Crippen LogP contribution in [0.25, 0.3) is 5.69 Å². The number of rotatable bonds is 6. The molecule has 31 heavy (non-hydrogen) atoms. The molecular weight excluding hydrogens is 394 g/mol. The second kappa shape index (κ2) is 8.75. The van der Waals surface area contributed by atoms with Gasteiger partial charge in [-0.1, -0.05) is 23.4 Å². The molecule has 3 heterocycles. The lowest BCUT2D eigenvalue weighted by molar-refractivity contribution is -0.132. The van der Waals surface area contributed by atoms with Crippen LogP contribution in [0.3, 0.4) is 0 Å². The molecule has 0 unspecified atom stereocenters. The highest BCUT2D eigenvalue weighted by atomic mass is 16.5. The Bertz CT molecular complexity index is 1070. The van der Waals surface area contributed by atoms with E-state index < -0.39 is 0 Å². The molecule has 8 heteroatoms. The summed E-state index contributed by atoms with van der Waals surface area (Å²) in [5.41, 5.74) is 9.28. The summed E-state index contributed by atoms with van der Waals surface area (Å²) in [4.78, 5) is 27.8. The summed E-state index contributed by atoms with van der Waals surface area (Å²) in [5, 5.41) is 8.25. The van der Waals surface area contributed by atoms with E-state index in [1.54, 1.807) is 9.58 Å². The van der Waals surface area contributed by atoms with Gasteiger partial charge in [-0.2, -0.15) is 5.10 Å². The fourth-order valence-corrected chi connectivity index (χ4v) is 4.21. The van der Waals surface area contributed by atoms with Crippen LogP contribution in [0, 0.1) is 19.8 Å². The Hall–Kier alpha value is -3.42. The van der Waals surface area contributed by atoms with Gasteiger partial charge in [0.25, 0.3) is 0 Å². The van der Waals surface area contributed by atoms with Crippen LogP contribution in [0.4, 0.5) is 5.82 Å². The first kappa shape index (κ1) is 20.8. The Morgan fingerprint density at radius 2 is 2.00 bits per heavy atom. The quantitative estimate of drug-likeness (QED) is 0.613. The number of likely N-dealkylation sites (tertiary alicyclic amines) is 1. The highest BCUT2D eigenvalue weighted by Gasteiger charge is 2.31. The van der Waals surface area contributed by atoms with Crippen LogP contribution in [-0.2, 0) is 11.2 Å². The van der Waals surface area contributed by atoms with Crippen molar-refractivity contribution in [3.63, 3.8) is 0 Å². The molecule has 1 amide bonds. The maximum Gasteiger partial charge on any atom is 0.222 e. The molecule has 8 nitrogen and oxygen atoms in total. The third kappa shape index (κ3) is 4.23. The molecular formula is C23H27N5O3. The largest absolute Gasteiger partial charge is 0.383 e. The summed E-state index contributed by atoms with van der Waals surface area (Å²) in [6.07, 6.45) is 4.02. The number of anilines is 1. The van der Waals surface area contributed by atoms with Crippen LogP contribution < -0.4 is 5.73 Å². The minimum atomic E-state index is -0.271. The van der Waals surface area contributed by atoms with Crippen molar-refractivity contribution in [3.8, 4) is 5.69 Å². The van der Waals surface area contributed by atoms with Crippen molar-refractivity contribution in [3.05, 3.63) is 59.1 Å². The first-order chi connectivity index (χ1) is 15.0. The van der Waals surface area contributed by atoms with Crippen LogP contribution in [0.1, 0.15) is 46.6 Å². The molecule has 1 aliphatic heterocycles. The first-order valence-electron chi connectivity index (χ1n) is 10.6. The first-order valence-corrected chi connectivity index (χ1v) is 10.6. The molecule has 2 N–H and O–H groups in total. The molecule has 1 aliphatic rings. The molecule has 2 aromatic heterocycles. The second-order valence-electron chi connectivity index (χ2n) is 8.04. The van der Waals surface area contributed by atoms with Crippen molar-refractivity contribution in [1.29, 1.82) is 0 Å². The number of ketones is 1. The summed E-state index contributed by atoms with van der Waals surface area (Å²) in [6.45, 7) is 4.82. The lowest BCUT2D eigenvalue weighted by Gasteiger charge is -2.32. The van der Waals surface area contributed by atoms with Crippen LogP contribution >= 0.6 is 0 Å². The maximum atomic E-state index is 13.2. The van der Waals surface area contributed by atoms with E-state index in [4.69, 9.17) is 10.3 Å². The SMILES string of the molecule is Cc1noc(C)c1CCC(=O)N1CCC[C@H](C(=O)c2cnn(-c3ccccc3)c2N)C1. The molecule has 0 spiro atoms. The average molecular weight is 422 g/mol. The van der Waals surface area contributed by atoms with Gasteiger partial charge in [-0.3, -0.25) is 9.59 Å². The van der Waals surface area contributed by atoms with E-state index in [2.05, 4.69) is 10.3 Å². The van der Waals surface area contributed by atoms with E-state index in [1.165, 1.54) is 6.20 Å². The van der Waals surface area contributed by atoms with Gasteiger partial charge in [0.1, 0.15) is 11.6 Å². The van der Waals surface area contributed by atoms with Crippen LogP contribution in [0.2, 0.25) is 0 Å². The summed E-state index contributed by atoms with van der Waals surface area (Å²) in [5.74, 6) is 0.807. The number of hydrogen-bond acceptors (Lipinski definition) is 6. The standard InChI is InChI=1S/C23H27N5O3/c1-15-19(16(2)31-26-15)10-11-21(29)27-12-6-7-17(14-27)22(30)20-13-25-28(23(20)24)18-8-4-3-5-9-18/h3-5,8-9,13,17H,6-7,10-12,14,24H2,1-2H3/t17-/m0/s1. The van der Waals surface area contributed by atoms with E-state index in [9.17, 15) is 9.59 Å². The zero-order valence-electron chi connectivity index (χ0n) is 17.9. The maximum absolute atomic E-state index is 13.2. The molecule has 0 saturated carbocycles. The van der Waals surface area contributed by atoms with Gasteiger partial charge in [0.15, 0.2) is 5.78 Å². The van der Waals surface area contributed by atoms with E-state index in [-0.39, 0.29) is 17.6 Å². The number of aromatic nitrogens is 3. The number of amides is 1.